The highest BCUT2D eigenvalue weighted by atomic mass is 35.5. The van der Waals surface area contributed by atoms with Gasteiger partial charge in [-0.15, -0.1) is 0 Å². The Morgan fingerprint density at radius 3 is 1.54 bits per heavy atom. The lowest BCUT2D eigenvalue weighted by atomic mass is 10.0. The van der Waals surface area contributed by atoms with E-state index < -0.39 is 0 Å². The molecule has 0 atom stereocenters. The van der Waals surface area contributed by atoms with Gasteiger partial charge in [0, 0.05) is 11.1 Å². The van der Waals surface area contributed by atoms with Gasteiger partial charge in [0.05, 0.1) is 39.2 Å². The van der Waals surface area contributed by atoms with E-state index in [9.17, 15) is 0 Å². The van der Waals surface area contributed by atoms with Crippen molar-refractivity contribution in [3.8, 4) is 0 Å². The van der Waals surface area contributed by atoms with E-state index in [2.05, 4.69) is 45.0 Å². The molecule has 1 heterocycles. The van der Waals surface area contributed by atoms with Gasteiger partial charge in [-0.25, -0.2) is 15.0 Å². The second kappa shape index (κ2) is 11.6. The predicted molar refractivity (Wildman–Crippen MR) is 165 cm³/mol. The molecule has 0 unspecified atom stereocenters. The van der Waals surface area contributed by atoms with E-state index in [0.29, 0.717) is 5.02 Å². The van der Waals surface area contributed by atoms with Crippen molar-refractivity contribution in [2.75, 3.05) is 0 Å². The van der Waals surface area contributed by atoms with Crippen molar-refractivity contribution in [3.05, 3.63) is 159 Å². The van der Waals surface area contributed by atoms with Crippen molar-refractivity contribution in [1.29, 1.82) is 0 Å². The quantitative estimate of drug-likeness (QED) is 0.203. The molecule has 0 aliphatic heterocycles. The van der Waals surface area contributed by atoms with Gasteiger partial charge in [0.25, 0.3) is 0 Å². The fraction of sp³-hybridized carbons (Fsp3) is 0.114. The van der Waals surface area contributed by atoms with Gasteiger partial charge in [0.1, 0.15) is 0 Å². The Hall–Kier alpha value is -4.34. The number of hydrogen-bond acceptors (Lipinski definition) is 3. The molecule has 5 aromatic rings. The summed E-state index contributed by atoms with van der Waals surface area (Å²) in [4.78, 5) is 15.4. The zero-order chi connectivity index (χ0) is 27.4. The van der Waals surface area contributed by atoms with Crippen LogP contribution >= 0.6 is 11.6 Å². The molecular formula is C35H30ClN3. The summed E-state index contributed by atoms with van der Waals surface area (Å²) in [6.07, 6.45) is 0. The smallest absolute Gasteiger partial charge is 0.0966 e. The van der Waals surface area contributed by atoms with Gasteiger partial charge < -0.3 is 0 Å². The van der Waals surface area contributed by atoms with Gasteiger partial charge in [-0.3, -0.25) is 0 Å². The molecule has 0 N–H and O–H groups in total. The lowest BCUT2D eigenvalue weighted by Gasteiger charge is -2.13. The minimum absolute atomic E-state index is 0.608. The molecule has 0 radical (unpaired) electrons. The largest absolute Gasteiger partial charge is 0.246 e. The molecule has 4 heteroatoms. The molecule has 192 valence electrons. The van der Waals surface area contributed by atoms with Crippen LogP contribution in [0.1, 0.15) is 44.8 Å². The van der Waals surface area contributed by atoms with Crippen LogP contribution in [0.5, 0.6) is 0 Å². The lowest BCUT2D eigenvalue weighted by Crippen LogP contribution is -2.12. The van der Waals surface area contributed by atoms with Crippen LogP contribution in [0, 0.1) is 27.7 Å². The van der Waals surface area contributed by atoms with Gasteiger partial charge in [-0.05, 0) is 62.6 Å². The van der Waals surface area contributed by atoms with Gasteiger partial charge in [0.2, 0.25) is 0 Å². The number of nitrogens with zero attached hydrogens (tertiary/aromatic N) is 3. The molecule has 4 aromatic carbocycles. The highest BCUT2D eigenvalue weighted by Crippen LogP contribution is 2.31. The van der Waals surface area contributed by atoms with Crippen molar-refractivity contribution >= 4 is 34.4 Å². The predicted octanol–water partition coefficient (Wildman–Crippen LogP) is 9.31. The fourth-order valence-electron chi connectivity index (χ4n) is 4.77. The third-order valence-electron chi connectivity index (χ3n) is 6.60. The molecule has 0 saturated heterocycles. The minimum atomic E-state index is 0.608. The average Bonchev–Trinajstić information content (AvgIpc) is 2.93. The second-order valence-electron chi connectivity index (χ2n) is 9.71. The van der Waals surface area contributed by atoms with Crippen molar-refractivity contribution < 1.29 is 0 Å². The molecule has 1 aromatic heterocycles. The van der Waals surface area contributed by atoms with Crippen LogP contribution in [0.4, 0.5) is 11.4 Å². The fourth-order valence-corrected chi connectivity index (χ4v) is 5.03. The molecule has 39 heavy (non-hydrogen) atoms. The van der Waals surface area contributed by atoms with Gasteiger partial charge in [0.15, 0.2) is 0 Å². The highest BCUT2D eigenvalue weighted by molar-refractivity contribution is 6.33. The number of benzene rings is 4. The van der Waals surface area contributed by atoms with Crippen molar-refractivity contribution in [3.63, 3.8) is 0 Å². The van der Waals surface area contributed by atoms with E-state index in [1.54, 1.807) is 0 Å². The van der Waals surface area contributed by atoms with Gasteiger partial charge in [-0.2, -0.15) is 0 Å². The third-order valence-corrected chi connectivity index (χ3v) is 6.90. The zero-order valence-electron chi connectivity index (χ0n) is 22.6. The van der Waals surface area contributed by atoms with Gasteiger partial charge >= 0.3 is 0 Å². The number of aromatic nitrogens is 1. The Kier molecular flexibility index (Phi) is 7.81. The summed E-state index contributed by atoms with van der Waals surface area (Å²) in [5.74, 6) is 0. The molecule has 0 aliphatic carbocycles. The molecule has 0 aliphatic rings. The Bertz CT molecular complexity index is 1640. The first-order chi connectivity index (χ1) is 18.9. The minimum Gasteiger partial charge on any atom is -0.246 e. The van der Waals surface area contributed by atoms with Crippen LogP contribution in [-0.2, 0) is 0 Å². The normalized spacial score (nSPS) is 12.0. The maximum absolute atomic E-state index is 6.59. The summed E-state index contributed by atoms with van der Waals surface area (Å²) in [6.45, 7) is 8.35. The molecular weight excluding hydrogens is 498 g/mol. The third kappa shape index (κ3) is 5.89. The van der Waals surface area contributed by atoms with Crippen LogP contribution in [0.25, 0.3) is 0 Å². The van der Waals surface area contributed by atoms with E-state index in [1.807, 2.05) is 91.9 Å². The Morgan fingerprint density at radius 1 is 0.538 bits per heavy atom. The highest BCUT2D eigenvalue weighted by Gasteiger charge is 2.16. The first-order valence-electron chi connectivity index (χ1n) is 13.0. The topological polar surface area (TPSA) is 37.6 Å². The Morgan fingerprint density at radius 2 is 1.03 bits per heavy atom. The van der Waals surface area contributed by atoms with Crippen LogP contribution < -0.4 is 0 Å². The van der Waals surface area contributed by atoms with E-state index in [-0.39, 0.29) is 0 Å². The summed E-state index contributed by atoms with van der Waals surface area (Å²) in [6, 6.07) is 36.5. The molecule has 0 bridgehead atoms. The maximum Gasteiger partial charge on any atom is 0.0966 e. The number of aliphatic imine (C=N–C) groups is 2. The molecule has 0 amide bonds. The van der Waals surface area contributed by atoms with E-state index in [1.165, 1.54) is 5.56 Å². The first kappa shape index (κ1) is 26.3. The number of pyridine rings is 1. The number of hydrogen-bond donors (Lipinski definition) is 0. The number of aryl methyl sites for hydroxylation is 4. The van der Waals surface area contributed by atoms with Crippen molar-refractivity contribution in [1.82, 2.24) is 4.98 Å². The number of para-hydroxylation sites is 1. The Balaban J connectivity index is 1.72. The maximum atomic E-state index is 6.59. The summed E-state index contributed by atoms with van der Waals surface area (Å²) in [5, 5.41) is 0.608. The van der Waals surface area contributed by atoms with Crippen molar-refractivity contribution in [2.24, 2.45) is 9.98 Å². The SMILES string of the molecule is Cc1cc(C)c(/N=C(\c2ccccc2)c2cccc(/C(=N/c3c(C)cccc3Cl)c3ccccc3)n2)c(C)c1. The van der Waals surface area contributed by atoms with Crippen LogP contribution in [0.2, 0.25) is 5.02 Å². The van der Waals surface area contributed by atoms with E-state index >= 15 is 0 Å². The molecule has 5 rings (SSSR count). The number of rotatable bonds is 6. The van der Waals surface area contributed by atoms with Crippen molar-refractivity contribution in [2.45, 2.75) is 27.7 Å². The zero-order valence-corrected chi connectivity index (χ0v) is 23.4. The van der Waals surface area contributed by atoms with E-state index in [0.717, 1.165) is 62.0 Å². The molecule has 3 nitrogen and oxygen atoms in total. The van der Waals surface area contributed by atoms with Crippen LogP contribution in [0.3, 0.4) is 0 Å². The summed E-state index contributed by atoms with van der Waals surface area (Å²) >= 11 is 6.59. The first-order valence-corrected chi connectivity index (χ1v) is 13.4. The standard InChI is InChI=1S/C35H30ClN3/c1-23-21-25(3)32(26(4)22-23)38-34(27-14-7-5-8-15-27)30-19-12-20-31(37-30)35(28-16-9-6-10-17-28)39-33-24(2)13-11-18-29(33)36/h5-22H,1-4H3/b38-34+,39-35+. The second-order valence-corrected chi connectivity index (χ2v) is 10.1. The lowest BCUT2D eigenvalue weighted by molar-refractivity contribution is 1.23. The molecule has 0 fully saturated rings. The van der Waals surface area contributed by atoms with E-state index in [4.69, 9.17) is 26.6 Å². The summed E-state index contributed by atoms with van der Waals surface area (Å²) in [5.41, 5.74) is 11.3. The average molecular weight is 528 g/mol. The van der Waals surface area contributed by atoms with Crippen LogP contribution in [-0.4, -0.2) is 16.4 Å². The summed E-state index contributed by atoms with van der Waals surface area (Å²) in [7, 11) is 0. The number of halogens is 1. The molecule has 0 saturated carbocycles. The molecule has 0 spiro atoms. The van der Waals surface area contributed by atoms with Crippen LogP contribution in [0.15, 0.2) is 119 Å². The monoisotopic (exact) mass is 527 g/mol. The van der Waals surface area contributed by atoms with Gasteiger partial charge in [-0.1, -0.05) is 108 Å². The Labute approximate surface area is 235 Å². The summed E-state index contributed by atoms with van der Waals surface area (Å²) < 4.78 is 0.